The van der Waals surface area contributed by atoms with Crippen molar-refractivity contribution in [2.24, 2.45) is 4.99 Å². The minimum absolute atomic E-state index is 0.0712. The summed E-state index contributed by atoms with van der Waals surface area (Å²) in [5.74, 6) is -0.307. The van der Waals surface area contributed by atoms with Crippen LogP contribution in [0.1, 0.15) is 5.56 Å². The number of hydrogen-bond acceptors (Lipinski definition) is 6. The number of hydrogen-bond donors (Lipinski definition) is 2. The number of aliphatic imine (C=N–C) groups is 1. The van der Waals surface area contributed by atoms with E-state index in [2.05, 4.69) is 10.3 Å². The summed E-state index contributed by atoms with van der Waals surface area (Å²) in [7, 11) is 0. The minimum Gasteiger partial charge on any atom is -0.508 e. The Morgan fingerprint density at radius 3 is 2.75 bits per heavy atom. The summed E-state index contributed by atoms with van der Waals surface area (Å²) in [5, 5.41) is 23.4. The first-order valence-electron chi connectivity index (χ1n) is 6.85. The van der Waals surface area contributed by atoms with Crippen molar-refractivity contribution in [2.75, 3.05) is 0 Å². The van der Waals surface area contributed by atoms with E-state index in [0.717, 1.165) is 11.8 Å². The number of nitrogens with zero attached hydrogens (tertiary/aromatic N) is 2. The van der Waals surface area contributed by atoms with Crippen LogP contribution in [0.3, 0.4) is 0 Å². The summed E-state index contributed by atoms with van der Waals surface area (Å²) in [4.78, 5) is 27.1. The van der Waals surface area contributed by atoms with Crippen LogP contribution >= 0.6 is 11.8 Å². The van der Waals surface area contributed by atoms with Crippen LogP contribution in [0.15, 0.2) is 58.4 Å². The molecule has 1 aliphatic heterocycles. The molecule has 1 heterocycles. The molecule has 1 saturated heterocycles. The van der Waals surface area contributed by atoms with Crippen molar-refractivity contribution in [2.45, 2.75) is 0 Å². The van der Waals surface area contributed by atoms with Crippen LogP contribution in [0, 0.1) is 10.1 Å². The van der Waals surface area contributed by atoms with Crippen molar-refractivity contribution in [3.63, 3.8) is 0 Å². The van der Waals surface area contributed by atoms with Crippen molar-refractivity contribution in [3.05, 3.63) is 69.1 Å². The van der Waals surface area contributed by atoms with Crippen molar-refractivity contribution in [1.29, 1.82) is 0 Å². The lowest BCUT2D eigenvalue weighted by Crippen LogP contribution is -2.19. The van der Waals surface area contributed by atoms with Crippen LogP contribution < -0.4 is 5.32 Å². The summed E-state index contributed by atoms with van der Waals surface area (Å²) in [5.41, 5.74) is 0.764. The van der Waals surface area contributed by atoms with Gasteiger partial charge in [0.05, 0.1) is 21.1 Å². The summed E-state index contributed by atoms with van der Waals surface area (Å²) in [6.07, 6.45) is 1.46. The number of carbonyl (C=O) groups is 1. The van der Waals surface area contributed by atoms with Gasteiger partial charge in [-0.3, -0.25) is 14.9 Å². The van der Waals surface area contributed by atoms with E-state index in [9.17, 15) is 20.0 Å². The standard InChI is InChI=1S/C16H11N3O4S/c20-12-6-3-5-11(9-12)17-16-18-15(21)14(24-16)8-10-4-1-2-7-13(10)19(22)23/h1-9,20H,(H,17,18,21)/b14-8-. The van der Waals surface area contributed by atoms with Gasteiger partial charge in [0.25, 0.3) is 11.6 Å². The topological polar surface area (TPSA) is 105 Å². The molecule has 2 aromatic rings. The van der Waals surface area contributed by atoms with E-state index in [1.165, 1.54) is 24.3 Å². The minimum atomic E-state index is -0.494. The van der Waals surface area contributed by atoms with Gasteiger partial charge in [-0.2, -0.15) is 0 Å². The number of nitro groups is 1. The Balaban J connectivity index is 1.89. The van der Waals surface area contributed by atoms with Gasteiger partial charge in [0.15, 0.2) is 5.17 Å². The molecular formula is C16H11N3O4S. The molecule has 3 rings (SSSR count). The Morgan fingerprint density at radius 1 is 1.21 bits per heavy atom. The average molecular weight is 341 g/mol. The predicted octanol–water partition coefficient (Wildman–Crippen LogP) is 3.19. The largest absolute Gasteiger partial charge is 0.508 e. The van der Waals surface area contributed by atoms with Crippen LogP contribution in [0.2, 0.25) is 0 Å². The monoisotopic (exact) mass is 341 g/mol. The molecule has 8 heteroatoms. The highest BCUT2D eigenvalue weighted by molar-refractivity contribution is 8.18. The second kappa shape index (κ2) is 6.55. The Hall–Kier alpha value is -3.13. The molecule has 2 N–H and O–H groups in total. The highest BCUT2D eigenvalue weighted by Crippen LogP contribution is 2.30. The Bertz CT molecular complexity index is 892. The second-order valence-electron chi connectivity index (χ2n) is 4.82. The molecule has 0 saturated carbocycles. The normalized spacial score (nSPS) is 17.2. The second-order valence-corrected chi connectivity index (χ2v) is 5.85. The fourth-order valence-corrected chi connectivity index (χ4v) is 2.91. The predicted molar refractivity (Wildman–Crippen MR) is 92.0 cm³/mol. The maximum Gasteiger partial charge on any atom is 0.276 e. The molecule has 0 aromatic heterocycles. The summed E-state index contributed by atoms with van der Waals surface area (Å²) < 4.78 is 0. The maximum atomic E-state index is 12.0. The van der Waals surface area contributed by atoms with Crippen LogP contribution in [0.25, 0.3) is 6.08 Å². The van der Waals surface area contributed by atoms with Crippen molar-refractivity contribution < 1.29 is 14.8 Å². The van der Waals surface area contributed by atoms with Gasteiger partial charge in [0, 0.05) is 12.1 Å². The zero-order valence-corrected chi connectivity index (χ0v) is 13.0. The molecule has 7 nitrogen and oxygen atoms in total. The third kappa shape index (κ3) is 3.44. The zero-order chi connectivity index (χ0) is 17.1. The van der Waals surface area contributed by atoms with E-state index < -0.39 is 4.92 Å². The Labute approximate surface area is 140 Å². The third-order valence-electron chi connectivity index (χ3n) is 3.13. The van der Waals surface area contributed by atoms with E-state index in [0.29, 0.717) is 21.3 Å². The van der Waals surface area contributed by atoms with Gasteiger partial charge >= 0.3 is 0 Å². The van der Waals surface area contributed by atoms with Crippen molar-refractivity contribution in [1.82, 2.24) is 5.32 Å². The number of carbonyl (C=O) groups excluding carboxylic acids is 1. The maximum absolute atomic E-state index is 12.0. The SMILES string of the molecule is O=C1NC(=Nc2cccc(O)c2)S/C1=C\c1ccccc1[N+](=O)[O-]. The van der Waals surface area contributed by atoms with E-state index in [1.807, 2.05) is 0 Å². The lowest BCUT2D eigenvalue weighted by atomic mass is 10.1. The van der Waals surface area contributed by atoms with Gasteiger partial charge < -0.3 is 10.4 Å². The number of amides is 1. The smallest absolute Gasteiger partial charge is 0.276 e. The molecule has 0 spiro atoms. The van der Waals surface area contributed by atoms with Crippen LogP contribution in [-0.4, -0.2) is 21.1 Å². The van der Waals surface area contributed by atoms with Crippen LogP contribution in [-0.2, 0) is 4.79 Å². The highest BCUT2D eigenvalue weighted by Gasteiger charge is 2.25. The number of para-hydroxylation sites is 1. The summed E-state index contributed by atoms with van der Waals surface area (Å²) >= 11 is 1.08. The number of aromatic hydroxyl groups is 1. The molecule has 0 atom stereocenters. The molecule has 1 amide bonds. The van der Waals surface area contributed by atoms with E-state index in [-0.39, 0.29) is 17.3 Å². The lowest BCUT2D eigenvalue weighted by molar-refractivity contribution is -0.385. The van der Waals surface area contributed by atoms with Crippen LogP contribution in [0.4, 0.5) is 11.4 Å². The third-order valence-corrected chi connectivity index (χ3v) is 4.04. The van der Waals surface area contributed by atoms with E-state index in [4.69, 9.17) is 0 Å². The van der Waals surface area contributed by atoms with Gasteiger partial charge in [-0.1, -0.05) is 18.2 Å². The Morgan fingerprint density at radius 2 is 2.00 bits per heavy atom. The molecule has 24 heavy (non-hydrogen) atoms. The number of benzene rings is 2. The molecule has 0 bridgehead atoms. The quantitative estimate of drug-likeness (QED) is 0.507. The fraction of sp³-hybridized carbons (Fsp3) is 0. The van der Waals surface area contributed by atoms with Gasteiger partial charge in [-0.25, -0.2) is 4.99 Å². The van der Waals surface area contributed by atoms with Crippen molar-refractivity contribution in [3.8, 4) is 5.75 Å². The average Bonchev–Trinajstić information content (AvgIpc) is 2.87. The first kappa shape index (κ1) is 15.8. The summed E-state index contributed by atoms with van der Waals surface area (Å²) in [6.45, 7) is 0. The van der Waals surface area contributed by atoms with E-state index in [1.54, 1.807) is 30.3 Å². The molecule has 0 aliphatic carbocycles. The number of rotatable bonds is 3. The number of phenols is 1. The van der Waals surface area contributed by atoms with Crippen LogP contribution in [0.5, 0.6) is 5.75 Å². The first-order valence-corrected chi connectivity index (χ1v) is 7.66. The zero-order valence-electron chi connectivity index (χ0n) is 12.2. The number of nitro benzene ring substituents is 1. The molecule has 1 fully saturated rings. The van der Waals surface area contributed by atoms with Gasteiger partial charge in [0.1, 0.15) is 5.75 Å². The molecule has 2 aromatic carbocycles. The number of phenolic OH excluding ortho intramolecular Hbond substituents is 1. The fourth-order valence-electron chi connectivity index (χ4n) is 2.08. The molecular weight excluding hydrogens is 330 g/mol. The number of amidine groups is 1. The molecule has 120 valence electrons. The van der Waals surface area contributed by atoms with Gasteiger partial charge in [-0.05, 0) is 36.0 Å². The lowest BCUT2D eigenvalue weighted by Gasteiger charge is -1.97. The van der Waals surface area contributed by atoms with E-state index >= 15 is 0 Å². The molecule has 0 unspecified atom stereocenters. The van der Waals surface area contributed by atoms with Crippen molar-refractivity contribution >= 4 is 40.3 Å². The molecule has 1 aliphatic rings. The first-order chi connectivity index (χ1) is 11.5. The summed E-state index contributed by atoms with van der Waals surface area (Å²) in [6, 6.07) is 12.5. The highest BCUT2D eigenvalue weighted by atomic mass is 32.2. The van der Waals surface area contributed by atoms with Gasteiger partial charge in [0.2, 0.25) is 0 Å². The van der Waals surface area contributed by atoms with Gasteiger partial charge in [-0.15, -0.1) is 0 Å². The number of thioether (sulfide) groups is 1. The number of nitrogens with one attached hydrogen (secondary N) is 1. The molecule has 0 radical (unpaired) electrons. The Kier molecular flexibility index (Phi) is 4.30.